The number of hydrogen-bond donors (Lipinski definition) is 0. The number of ether oxygens (including phenoxy) is 1. The number of alkyl halides is 3. The Morgan fingerprint density at radius 1 is 0.964 bits per heavy atom. The van der Waals surface area contributed by atoms with Crippen molar-refractivity contribution in [1.29, 1.82) is 0 Å². The second-order valence-electron chi connectivity index (χ2n) is 6.53. The van der Waals surface area contributed by atoms with Gasteiger partial charge in [-0.3, -0.25) is 9.59 Å². The summed E-state index contributed by atoms with van der Waals surface area (Å²) in [5, 5.41) is 0. The molecule has 2 aromatic carbocycles. The lowest BCUT2D eigenvalue weighted by molar-refractivity contribution is -0.274. The molecule has 3 rings (SSSR count). The largest absolute Gasteiger partial charge is 0.573 e. The molecule has 0 N–H and O–H groups in total. The van der Waals surface area contributed by atoms with Crippen LogP contribution in [0.15, 0.2) is 48.5 Å². The predicted molar refractivity (Wildman–Crippen MR) is 92.5 cm³/mol. The standard InChI is InChI=1S/C20H17F4NO3/c21-16-7-3-13(4-8-16)18(26)15-2-1-11-25(12-15)19(27)14-5-9-17(10-6-14)28-20(22,23)24/h3-10,15H,1-2,11-12H2. The molecule has 1 aliphatic rings. The van der Waals surface area contributed by atoms with Gasteiger partial charge in [0.15, 0.2) is 5.78 Å². The van der Waals surface area contributed by atoms with Crippen molar-refractivity contribution in [3.05, 3.63) is 65.5 Å². The fourth-order valence-electron chi connectivity index (χ4n) is 3.21. The fourth-order valence-corrected chi connectivity index (χ4v) is 3.21. The Labute approximate surface area is 158 Å². The lowest BCUT2D eigenvalue weighted by Crippen LogP contribution is -2.42. The zero-order valence-electron chi connectivity index (χ0n) is 14.7. The molecular formula is C20H17F4NO3. The van der Waals surface area contributed by atoms with Gasteiger partial charge in [0.25, 0.3) is 5.91 Å². The second-order valence-corrected chi connectivity index (χ2v) is 6.53. The van der Waals surface area contributed by atoms with E-state index >= 15 is 0 Å². The SMILES string of the molecule is O=C(c1ccc(F)cc1)C1CCCN(C(=O)c2ccc(OC(F)(F)F)cc2)C1. The Balaban J connectivity index is 1.67. The van der Waals surface area contributed by atoms with E-state index in [0.717, 1.165) is 12.1 Å². The highest BCUT2D eigenvalue weighted by molar-refractivity contribution is 5.99. The molecule has 2 aromatic rings. The normalized spacial score (nSPS) is 17.3. The zero-order chi connectivity index (χ0) is 20.3. The van der Waals surface area contributed by atoms with Crippen LogP contribution in [0.1, 0.15) is 33.6 Å². The van der Waals surface area contributed by atoms with Crippen molar-refractivity contribution in [2.75, 3.05) is 13.1 Å². The Morgan fingerprint density at radius 2 is 1.57 bits per heavy atom. The summed E-state index contributed by atoms with van der Waals surface area (Å²) in [7, 11) is 0. The Morgan fingerprint density at radius 3 is 2.18 bits per heavy atom. The number of likely N-dealkylation sites (tertiary alicyclic amines) is 1. The van der Waals surface area contributed by atoms with Crippen molar-refractivity contribution in [3.8, 4) is 5.75 Å². The van der Waals surface area contributed by atoms with E-state index in [4.69, 9.17) is 0 Å². The van der Waals surface area contributed by atoms with E-state index in [0.29, 0.717) is 24.9 Å². The van der Waals surface area contributed by atoms with Crippen LogP contribution in [0.25, 0.3) is 0 Å². The summed E-state index contributed by atoms with van der Waals surface area (Å²) in [5.74, 6) is -1.78. The van der Waals surface area contributed by atoms with Gasteiger partial charge in [0, 0.05) is 30.1 Å². The number of carbonyl (C=O) groups is 2. The van der Waals surface area contributed by atoms with Crippen molar-refractivity contribution < 1.29 is 31.9 Å². The highest BCUT2D eigenvalue weighted by Crippen LogP contribution is 2.25. The summed E-state index contributed by atoms with van der Waals surface area (Å²) in [5.41, 5.74) is 0.596. The molecule has 1 saturated heterocycles. The lowest BCUT2D eigenvalue weighted by atomic mass is 9.89. The number of rotatable bonds is 4. The molecule has 1 aliphatic heterocycles. The molecule has 1 amide bonds. The van der Waals surface area contributed by atoms with Gasteiger partial charge in [0.05, 0.1) is 0 Å². The molecule has 0 saturated carbocycles. The summed E-state index contributed by atoms with van der Waals surface area (Å²) >= 11 is 0. The monoisotopic (exact) mass is 395 g/mol. The molecular weight excluding hydrogens is 378 g/mol. The number of Topliss-reactive ketones (excluding diaryl/α,β-unsaturated/α-hetero) is 1. The maximum absolute atomic E-state index is 13.0. The number of amides is 1. The van der Waals surface area contributed by atoms with Crippen LogP contribution in [0.3, 0.4) is 0 Å². The van der Waals surface area contributed by atoms with Gasteiger partial charge in [0.1, 0.15) is 11.6 Å². The first kappa shape index (κ1) is 19.9. The number of carbonyl (C=O) groups excluding carboxylic acids is 2. The van der Waals surface area contributed by atoms with E-state index in [-0.39, 0.29) is 23.8 Å². The number of benzene rings is 2. The van der Waals surface area contributed by atoms with Crippen molar-refractivity contribution in [1.82, 2.24) is 4.90 Å². The minimum absolute atomic E-state index is 0.161. The van der Waals surface area contributed by atoms with Crippen LogP contribution >= 0.6 is 0 Å². The minimum atomic E-state index is -4.80. The van der Waals surface area contributed by atoms with Crippen LogP contribution in [0, 0.1) is 11.7 Å². The summed E-state index contributed by atoms with van der Waals surface area (Å²) in [4.78, 5) is 26.8. The Bertz CT molecular complexity index is 847. The number of nitrogens with zero attached hydrogens (tertiary/aromatic N) is 1. The molecule has 148 valence electrons. The average molecular weight is 395 g/mol. The summed E-state index contributed by atoms with van der Waals surface area (Å²) < 4.78 is 53.5. The van der Waals surface area contributed by atoms with Gasteiger partial charge in [0.2, 0.25) is 0 Å². The van der Waals surface area contributed by atoms with E-state index in [2.05, 4.69) is 4.74 Å². The molecule has 0 aliphatic carbocycles. The quantitative estimate of drug-likeness (QED) is 0.567. The number of ketones is 1. The van der Waals surface area contributed by atoms with E-state index < -0.39 is 23.8 Å². The Kier molecular flexibility index (Phi) is 5.67. The van der Waals surface area contributed by atoms with Gasteiger partial charge in [-0.05, 0) is 61.4 Å². The molecule has 0 spiro atoms. The molecule has 1 atom stereocenters. The van der Waals surface area contributed by atoms with Gasteiger partial charge < -0.3 is 9.64 Å². The molecule has 0 aromatic heterocycles. The first-order valence-corrected chi connectivity index (χ1v) is 8.68. The second kappa shape index (κ2) is 8.00. The van der Waals surface area contributed by atoms with Crippen LogP contribution < -0.4 is 4.74 Å². The maximum atomic E-state index is 13.0. The van der Waals surface area contributed by atoms with Crippen LogP contribution in [0.5, 0.6) is 5.75 Å². The smallest absolute Gasteiger partial charge is 0.406 e. The summed E-state index contributed by atoms with van der Waals surface area (Å²) in [6.07, 6.45) is -3.57. The van der Waals surface area contributed by atoms with E-state index in [1.165, 1.54) is 41.3 Å². The molecule has 8 heteroatoms. The van der Waals surface area contributed by atoms with Crippen molar-refractivity contribution in [3.63, 3.8) is 0 Å². The van der Waals surface area contributed by atoms with Crippen LogP contribution in [-0.2, 0) is 0 Å². The van der Waals surface area contributed by atoms with Crippen molar-refractivity contribution in [2.45, 2.75) is 19.2 Å². The van der Waals surface area contributed by atoms with Gasteiger partial charge >= 0.3 is 6.36 Å². The first-order chi connectivity index (χ1) is 13.2. The van der Waals surface area contributed by atoms with Gasteiger partial charge in [-0.25, -0.2) is 4.39 Å². The molecule has 1 fully saturated rings. The topological polar surface area (TPSA) is 46.6 Å². The third-order valence-corrected chi connectivity index (χ3v) is 4.54. The number of hydrogen-bond acceptors (Lipinski definition) is 3. The molecule has 1 heterocycles. The first-order valence-electron chi connectivity index (χ1n) is 8.68. The third-order valence-electron chi connectivity index (χ3n) is 4.54. The maximum Gasteiger partial charge on any atom is 0.573 e. The van der Waals surface area contributed by atoms with Crippen LogP contribution in [-0.4, -0.2) is 36.0 Å². The van der Waals surface area contributed by atoms with Gasteiger partial charge in [-0.2, -0.15) is 0 Å². The van der Waals surface area contributed by atoms with Crippen LogP contribution in [0.2, 0.25) is 0 Å². The zero-order valence-corrected chi connectivity index (χ0v) is 14.7. The fraction of sp³-hybridized carbons (Fsp3) is 0.300. The molecule has 4 nitrogen and oxygen atoms in total. The van der Waals surface area contributed by atoms with E-state index in [9.17, 15) is 27.2 Å². The highest BCUT2D eigenvalue weighted by atomic mass is 19.4. The van der Waals surface area contributed by atoms with E-state index in [1.54, 1.807) is 0 Å². The van der Waals surface area contributed by atoms with Crippen LogP contribution in [0.4, 0.5) is 17.6 Å². The van der Waals surface area contributed by atoms with E-state index in [1.807, 2.05) is 0 Å². The average Bonchev–Trinajstić information content (AvgIpc) is 2.67. The minimum Gasteiger partial charge on any atom is -0.406 e. The van der Waals surface area contributed by atoms with Crippen molar-refractivity contribution in [2.24, 2.45) is 5.92 Å². The molecule has 0 bridgehead atoms. The molecule has 0 radical (unpaired) electrons. The highest BCUT2D eigenvalue weighted by Gasteiger charge is 2.32. The van der Waals surface area contributed by atoms with Gasteiger partial charge in [-0.1, -0.05) is 0 Å². The van der Waals surface area contributed by atoms with Crippen molar-refractivity contribution >= 4 is 11.7 Å². The number of piperidine rings is 1. The third kappa shape index (κ3) is 4.88. The predicted octanol–water partition coefficient (Wildman–Crippen LogP) is 4.46. The molecule has 1 unspecified atom stereocenters. The Hall–Kier alpha value is -2.90. The molecule has 28 heavy (non-hydrogen) atoms. The summed E-state index contributed by atoms with van der Waals surface area (Å²) in [6.45, 7) is 0.655. The lowest BCUT2D eigenvalue weighted by Gasteiger charge is -2.32. The summed E-state index contributed by atoms with van der Waals surface area (Å²) in [6, 6.07) is 9.92. The number of halogens is 4. The van der Waals surface area contributed by atoms with Gasteiger partial charge in [-0.15, -0.1) is 13.2 Å².